The third-order valence-corrected chi connectivity index (χ3v) is 5.06. The molecule has 0 rings (SSSR count). The van der Waals surface area contributed by atoms with E-state index >= 15 is 0 Å². The maximum Gasteiger partial charge on any atom is 0.213 e. The summed E-state index contributed by atoms with van der Waals surface area (Å²) in [5.41, 5.74) is 0. The van der Waals surface area contributed by atoms with E-state index in [1.165, 1.54) is 4.31 Å². The Morgan fingerprint density at radius 3 is 2.35 bits per heavy atom. The van der Waals surface area contributed by atoms with Crippen LogP contribution in [-0.4, -0.2) is 85.1 Å². The summed E-state index contributed by atoms with van der Waals surface area (Å²) in [6, 6.07) is 0. The van der Waals surface area contributed by atoms with Gasteiger partial charge in [0.2, 0.25) is 10.0 Å². The van der Waals surface area contributed by atoms with Crippen molar-refractivity contribution in [2.24, 2.45) is 4.99 Å². The molecule has 0 atom stereocenters. The van der Waals surface area contributed by atoms with Crippen LogP contribution < -0.4 is 10.6 Å². The number of nitrogens with zero attached hydrogens (tertiary/aromatic N) is 2. The first-order valence-corrected chi connectivity index (χ1v) is 9.54. The third kappa shape index (κ3) is 11.3. The first-order chi connectivity index (χ1) is 11.0. The Labute approximate surface area is 140 Å². The largest absolute Gasteiger partial charge is 0.382 e. The average molecular weight is 353 g/mol. The maximum absolute atomic E-state index is 11.6. The second-order valence-electron chi connectivity index (χ2n) is 4.96. The fraction of sp³-hybridized carbons (Fsp3) is 0.929. The minimum absolute atomic E-state index is 0.132. The highest BCUT2D eigenvalue weighted by Gasteiger charge is 2.13. The van der Waals surface area contributed by atoms with Crippen molar-refractivity contribution in [3.8, 4) is 0 Å². The van der Waals surface area contributed by atoms with E-state index in [-0.39, 0.29) is 5.75 Å². The van der Waals surface area contributed by atoms with Crippen molar-refractivity contribution in [3.05, 3.63) is 0 Å². The van der Waals surface area contributed by atoms with Gasteiger partial charge in [0, 0.05) is 47.4 Å². The van der Waals surface area contributed by atoms with Gasteiger partial charge in [-0.15, -0.1) is 0 Å². The van der Waals surface area contributed by atoms with Gasteiger partial charge in [0.15, 0.2) is 5.96 Å². The molecule has 0 heterocycles. The number of guanidine groups is 1. The summed E-state index contributed by atoms with van der Waals surface area (Å²) in [6.45, 7) is 5.45. The van der Waals surface area contributed by atoms with E-state index < -0.39 is 10.0 Å². The molecule has 138 valence electrons. The minimum Gasteiger partial charge on any atom is -0.382 e. The molecule has 0 aromatic heterocycles. The van der Waals surface area contributed by atoms with E-state index in [0.717, 1.165) is 19.4 Å². The summed E-state index contributed by atoms with van der Waals surface area (Å²) in [4.78, 5) is 4.12. The molecule has 23 heavy (non-hydrogen) atoms. The Balaban J connectivity index is 3.71. The Hall–Kier alpha value is -0.900. The molecule has 2 N–H and O–H groups in total. The predicted octanol–water partition coefficient (Wildman–Crippen LogP) is -0.124. The lowest BCUT2D eigenvalue weighted by atomic mass is 10.4. The maximum atomic E-state index is 11.6. The third-order valence-electron chi connectivity index (χ3n) is 3.20. The molecule has 0 bridgehead atoms. The lowest BCUT2D eigenvalue weighted by Crippen LogP contribution is -2.39. The summed E-state index contributed by atoms with van der Waals surface area (Å²) < 4.78 is 34.9. The van der Waals surface area contributed by atoms with Gasteiger partial charge in [-0.25, -0.2) is 12.7 Å². The van der Waals surface area contributed by atoms with Crippen LogP contribution in [0.15, 0.2) is 4.99 Å². The van der Waals surface area contributed by atoms with Crippen LogP contribution in [0.3, 0.4) is 0 Å². The SMILES string of the molecule is CCS(=O)(=O)N(C)CCCNC(=NC)NCCCOCCOC. The molecule has 0 amide bonds. The van der Waals surface area contributed by atoms with Gasteiger partial charge in [0.25, 0.3) is 0 Å². The number of ether oxygens (including phenoxy) is 2. The van der Waals surface area contributed by atoms with Gasteiger partial charge < -0.3 is 20.1 Å². The van der Waals surface area contributed by atoms with Crippen LogP contribution >= 0.6 is 0 Å². The first kappa shape index (κ1) is 22.1. The van der Waals surface area contributed by atoms with Gasteiger partial charge in [0.1, 0.15) is 0 Å². The van der Waals surface area contributed by atoms with Crippen molar-refractivity contribution in [2.75, 3.05) is 66.4 Å². The van der Waals surface area contributed by atoms with E-state index in [0.29, 0.717) is 38.9 Å². The Morgan fingerprint density at radius 1 is 1.13 bits per heavy atom. The molecule has 0 saturated carbocycles. The quantitative estimate of drug-likeness (QED) is 0.273. The second kappa shape index (κ2) is 13.5. The van der Waals surface area contributed by atoms with Gasteiger partial charge in [0.05, 0.1) is 19.0 Å². The van der Waals surface area contributed by atoms with E-state index in [1.807, 2.05) is 0 Å². The molecule has 0 radical (unpaired) electrons. The number of hydrogen-bond donors (Lipinski definition) is 2. The van der Waals surface area contributed by atoms with Crippen LogP contribution in [0.5, 0.6) is 0 Å². The summed E-state index contributed by atoms with van der Waals surface area (Å²) in [5, 5.41) is 6.35. The molecule has 9 heteroatoms. The monoisotopic (exact) mass is 352 g/mol. The van der Waals surface area contributed by atoms with Gasteiger partial charge in [-0.3, -0.25) is 4.99 Å². The molecule has 0 aromatic carbocycles. The van der Waals surface area contributed by atoms with Crippen LogP contribution in [0.1, 0.15) is 19.8 Å². The molecular formula is C14H32N4O4S. The predicted molar refractivity (Wildman–Crippen MR) is 93.4 cm³/mol. The summed E-state index contributed by atoms with van der Waals surface area (Å²) in [5.74, 6) is 0.843. The molecule has 0 aromatic rings. The highest BCUT2D eigenvalue weighted by atomic mass is 32.2. The smallest absolute Gasteiger partial charge is 0.213 e. The van der Waals surface area contributed by atoms with Gasteiger partial charge in [-0.05, 0) is 19.8 Å². The van der Waals surface area contributed by atoms with Gasteiger partial charge in [-0.2, -0.15) is 0 Å². The highest BCUT2D eigenvalue weighted by molar-refractivity contribution is 7.89. The second-order valence-corrected chi connectivity index (χ2v) is 7.32. The van der Waals surface area contributed by atoms with E-state index in [4.69, 9.17) is 9.47 Å². The van der Waals surface area contributed by atoms with Crippen LogP contribution in [0.25, 0.3) is 0 Å². The minimum atomic E-state index is -3.09. The number of rotatable bonds is 13. The molecule has 0 spiro atoms. The molecule has 0 saturated heterocycles. The summed E-state index contributed by atoms with van der Waals surface area (Å²) >= 11 is 0. The Kier molecular flexibility index (Phi) is 13.0. The molecule has 0 fully saturated rings. The molecule has 0 unspecified atom stereocenters. The Morgan fingerprint density at radius 2 is 1.78 bits per heavy atom. The zero-order valence-electron chi connectivity index (χ0n) is 14.8. The fourth-order valence-electron chi connectivity index (χ4n) is 1.71. The summed E-state index contributed by atoms with van der Waals surface area (Å²) in [7, 11) is 1.87. The van der Waals surface area contributed by atoms with Crippen LogP contribution in [0, 0.1) is 0 Å². The zero-order valence-corrected chi connectivity index (χ0v) is 15.6. The lowest BCUT2D eigenvalue weighted by molar-refractivity contribution is 0.0698. The van der Waals surface area contributed by atoms with Crippen LogP contribution in [-0.2, 0) is 19.5 Å². The van der Waals surface area contributed by atoms with E-state index in [1.54, 1.807) is 28.1 Å². The highest BCUT2D eigenvalue weighted by Crippen LogP contribution is 1.98. The van der Waals surface area contributed by atoms with Crippen LogP contribution in [0.2, 0.25) is 0 Å². The van der Waals surface area contributed by atoms with E-state index in [2.05, 4.69) is 15.6 Å². The van der Waals surface area contributed by atoms with Crippen molar-refractivity contribution in [1.82, 2.24) is 14.9 Å². The van der Waals surface area contributed by atoms with Crippen molar-refractivity contribution in [3.63, 3.8) is 0 Å². The topological polar surface area (TPSA) is 92.3 Å². The van der Waals surface area contributed by atoms with Crippen LogP contribution in [0.4, 0.5) is 0 Å². The standard InChI is InChI=1S/C14H32N4O4S/c1-5-23(19,20)18(3)10-6-8-16-14(15-2)17-9-7-11-22-13-12-21-4/h5-13H2,1-4H3,(H2,15,16,17). The molecule has 0 aliphatic heterocycles. The average Bonchev–Trinajstić information content (AvgIpc) is 2.55. The fourth-order valence-corrected chi connectivity index (χ4v) is 2.56. The molecule has 8 nitrogen and oxygen atoms in total. The summed E-state index contributed by atoms with van der Waals surface area (Å²) in [6.07, 6.45) is 1.60. The lowest BCUT2D eigenvalue weighted by Gasteiger charge is -2.16. The zero-order chi connectivity index (χ0) is 17.6. The number of methoxy groups -OCH3 is 1. The van der Waals surface area contributed by atoms with Gasteiger partial charge >= 0.3 is 0 Å². The van der Waals surface area contributed by atoms with Crippen molar-refractivity contribution < 1.29 is 17.9 Å². The molecular weight excluding hydrogens is 320 g/mol. The van der Waals surface area contributed by atoms with Crippen molar-refractivity contribution in [2.45, 2.75) is 19.8 Å². The molecule has 0 aliphatic carbocycles. The number of hydrogen-bond acceptors (Lipinski definition) is 5. The Bertz CT molecular complexity index is 415. The van der Waals surface area contributed by atoms with Gasteiger partial charge in [-0.1, -0.05) is 0 Å². The van der Waals surface area contributed by atoms with Crippen molar-refractivity contribution in [1.29, 1.82) is 0 Å². The van der Waals surface area contributed by atoms with E-state index in [9.17, 15) is 8.42 Å². The van der Waals surface area contributed by atoms with Crippen molar-refractivity contribution >= 4 is 16.0 Å². The molecule has 0 aliphatic rings. The number of aliphatic imine (C=N–C) groups is 1. The number of nitrogens with one attached hydrogen (secondary N) is 2. The number of sulfonamides is 1. The first-order valence-electron chi connectivity index (χ1n) is 7.93. The normalized spacial score (nSPS) is 12.7.